The van der Waals surface area contributed by atoms with Crippen LogP contribution in [0.1, 0.15) is 36.5 Å². The van der Waals surface area contributed by atoms with Gasteiger partial charge in [-0.15, -0.1) is 0 Å². The number of nitrogens with zero attached hydrogens (tertiary/aromatic N) is 1. The molecule has 0 aromatic heterocycles. The summed E-state index contributed by atoms with van der Waals surface area (Å²) in [6.07, 6.45) is 3.75. The van der Waals surface area contributed by atoms with Crippen LogP contribution in [-0.2, 0) is 0 Å². The molecule has 1 atom stereocenters. The molecule has 1 unspecified atom stereocenters. The lowest BCUT2D eigenvalue weighted by molar-refractivity contribution is 0.0932. The molecule has 98 valence electrons. The second-order valence-corrected chi connectivity index (χ2v) is 6.49. The van der Waals surface area contributed by atoms with Crippen molar-refractivity contribution in [1.82, 2.24) is 4.90 Å². The van der Waals surface area contributed by atoms with Gasteiger partial charge in [0.2, 0.25) is 0 Å². The first kappa shape index (κ1) is 14.0. The maximum absolute atomic E-state index is 12.2. The SMILES string of the molecule is CC1CCCN(CC(=O)c2ccc(I)cc2)CC1. The standard InChI is InChI=1S/C15H20INO/c1-12-3-2-9-17(10-8-12)11-15(18)13-4-6-14(16)7-5-13/h4-7,12H,2-3,8-11H2,1H3. The molecule has 0 bridgehead atoms. The Bertz CT molecular complexity index is 401. The minimum atomic E-state index is 0.251. The summed E-state index contributed by atoms with van der Waals surface area (Å²) in [6, 6.07) is 7.87. The average Bonchev–Trinajstić information content (AvgIpc) is 2.55. The predicted molar refractivity (Wildman–Crippen MR) is 82.9 cm³/mol. The van der Waals surface area contributed by atoms with Crippen LogP contribution in [0.3, 0.4) is 0 Å². The summed E-state index contributed by atoms with van der Waals surface area (Å²) in [5.74, 6) is 1.06. The van der Waals surface area contributed by atoms with Gasteiger partial charge < -0.3 is 0 Å². The molecule has 18 heavy (non-hydrogen) atoms. The van der Waals surface area contributed by atoms with Crippen LogP contribution >= 0.6 is 22.6 Å². The van der Waals surface area contributed by atoms with Crippen molar-refractivity contribution in [3.63, 3.8) is 0 Å². The summed E-state index contributed by atoms with van der Waals surface area (Å²) in [4.78, 5) is 14.5. The third-order valence-electron chi connectivity index (χ3n) is 3.64. The lowest BCUT2D eigenvalue weighted by Gasteiger charge is -2.18. The van der Waals surface area contributed by atoms with E-state index in [4.69, 9.17) is 0 Å². The van der Waals surface area contributed by atoms with Gasteiger partial charge >= 0.3 is 0 Å². The molecule has 1 aliphatic heterocycles. The first-order chi connectivity index (χ1) is 8.65. The quantitative estimate of drug-likeness (QED) is 0.609. The summed E-state index contributed by atoms with van der Waals surface area (Å²) in [5, 5.41) is 0. The molecule has 1 saturated heterocycles. The largest absolute Gasteiger partial charge is 0.296 e. The Morgan fingerprint density at radius 1 is 1.28 bits per heavy atom. The van der Waals surface area contributed by atoms with E-state index in [1.807, 2.05) is 24.3 Å². The lowest BCUT2D eigenvalue weighted by atomic mass is 10.0. The van der Waals surface area contributed by atoms with E-state index in [1.54, 1.807) is 0 Å². The molecular weight excluding hydrogens is 337 g/mol. The maximum Gasteiger partial charge on any atom is 0.176 e. The van der Waals surface area contributed by atoms with Crippen LogP contribution in [0.15, 0.2) is 24.3 Å². The Labute approximate surface area is 123 Å². The number of ketones is 1. The molecule has 0 N–H and O–H groups in total. The van der Waals surface area contributed by atoms with E-state index in [-0.39, 0.29) is 5.78 Å². The highest BCUT2D eigenvalue weighted by Crippen LogP contribution is 2.17. The third-order valence-corrected chi connectivity index (χ3v) is 4.36. The number of hydrogen-bond donors (Lipinski definition) is 0. The zero-order valence-electron chi connectivity index (χ0n) is 10.9. The van der Waals surface area contributed by atoms with E-state index in [9.17, 15) is 4.79 Å². The molecule has 0 saturated carbocycles. The van der Waals surface area contributed by atoms with Gasteiger partial charge in [-0.3, -0.25) is 9.69 Å². The van der Waals surface area contributed by atoms with E-state index < -0.39 is 0 Å². The van der Waals surface area contributed by atoms with Gasteiger partial charge in [0.1, 0.15) is 0 Å². The van der Waals surface area contributed by atoms with Crippen LogP contribution in [-0.4, -0.2) is 30.3 Å². The minimum Gasteiger partial charge on any atom is -0.296 e. The molecule has 3 heteroatoms. The lowest BCUT2D eigenvalue weighted by Crippen LogP contribution is -2.30. The first-order valence-electron chi connectivity index (χ1n) is 6.66. The fraction of sp³-hybridized carbons (Fsp3) is 0.533. The first-order valence-corrected chi connectivity index (χ1v) is 7.74. The third kappa shape index (κ3) is 4.05. The van der Waals surface area contributed by atoms with E-state index in [2.05, 4.69) is 34.4 Å². The fourth-order valence-corrected chi connectivity index (χ4v) is 2.77. The number of carbonyl (C=O) groups is 1. The van der Waals surface area contributed by atoms with E-state index >= 15 is 0 Å². The second-order valence-electron chi connectivity index (χ2n) is 5.24. The fourth-order valence-electron chi connectivity index (χ4n) is 2.41. The molecule has 0 amide bonds. The van der Waals surface area contributed by atoms with Gasteiger partial charge in [0.15, 0.2) is 5.78 Å². The Hall–Kier alpha value is -0.420. The molecule has 2 nitrogen and oxygen atoms in total. The Morgan fingerprint density at radius 3 is 2.72 bits per heavy atom. The summed E-state index contributed by atoms with van der Waals surface area (Å²) in [7, 11) is 0. The van der Waals surface area contributed by atoms with E-state index in [1.165, 1.54) is 22.8 Å². The Morgan fingerprint density at radius 2 is 2.00 bits per heavy atom. The van der Waals surface area contributed by atoms with Crippen molar-refractivity contribution in [1.29, 1.82) is 0 Å². The van der Waals surface area contributed by atoms with Crippen LogP contribution in [0, 0.1) is 9.49 Å². The van der Waals surface area contributed by atoms with Gasteiger partial charge in [-0.2, -0.15) is 0 Å². The number of rotatable bonds is 3. The summed E-state index contributed by atoms with van der Waals surface area (Å²) in [5.41, 5.74) is 0.840. The zero-order valence-corrected chi connectivity index (χ0v) is 13.0. The molecule has 0 spiro atoms. The summed E-state index contributed by atoms with van der Waals surface area (Å²) >= 11 is 2.26. The van der Waals surface area contributed by atoms with E-state index in [0.717, 1.165) is 24.6 Å². The van der Waals surface area contributed by atoms with Crippen molar-refractivity contribution in [2.24, 2.45) is 5.92 Å². The van der Waals surface area contributed by atoms with Crippen LogP contribution in [0.4, 0.5) is 0 Å². The Balaban J connectivity index is 1.92. The van der Waals surface area contributed by atoms with Crippen molar-refractivity contribution in [3.05, 3.63) is 33.4 Å². The molecule has 2 rings (SSSR count). The van der Waals surface area contributed by atoms with E-state index in [0.29, 0.717) is 6.54 Å². The maximum atomic E-state index is 12.2. The van der Waals surface area contributed by atoms with Gasteiger partial charge in [0.05, 0.1) is 6.54 Å². The number of Topliss-reactive ketones (excluding diaryl/α,β-unsaturated/α-hetero) is 1. The highest BCUT2D eigenvalue weighted by atomic mass is 127. The topological polar surface area (TPSA) is 20.3 Å². The molecular formula is C15H20INO. The van der Waals surface area contributed by atoms with Crippen molar-refractivity contribution >= 4 is 28.4 Å². The Kier molecular flexibility index (Phi) is 5.18. The van der Waals surface area contributed by atoms with Crippen LogP contribution < -0.4 is 0 Å². The normalized spacial score (nSPS) is 21.6. The number of carbonyl (C=O) groups excluding carboxylic acids is 1. The molecule has 1 aliphatic rings. The van der Waals surface area contributed by atoms with Crippen LogP contribution in [0.2, 0.25) is 0 Å². The van der Waals surface area contributed by atoms with Crippen LogP contribution in [0.25, 0.3) is 0 Å². The van der Waals surface area contributed by atoms with Gasteiger partial charge in [-0.05, 0) is 73.0 Å². The monoisotopic (exact) mass is 357 g/mol. The number of likely N-dealkylation sites (tertiary alicyclic amines) is 1. The van der Waals surface area contributed by atoms with Crippen molar-refractivity contribution in [2.45, 2.75) is 26.2 Å². The molecule has 1 aromatic rings. The molecule has 0 radical (unpaired) electrons. The smallest absolute Gasteiger partial charge is 0.176 e. The summed E-state index contributed by atoms with van der Waals surface area (Å²) < 4.78 is 1.17. The van der Waals surface area contributed by atoms with Crippen molar-refractivity contribution in [2.75, 3.05) is 19.6 Å². The highest BCUT2D eigenvalue weighted by Gasteiger charge is 2.16. The van der Waals surface area contributed by atoms with Crippen molar-refractivity contribution in [3.8, 4) is 0 Å². The van der Waals surface area contributed by atoms with Gasteiger partial charge in [0, 0.05) is 9.13 Å². The zero-order chi connectivity index (χ0) is 13.0. The summed E-state index contributed by atoms with van der Waals surface area (Å²) in [6.45, 7) is 5.02. The second kappa shape index (κ2) is 6.66. The van der Waals surface area contributed by atoms with Gasteiger partial charge in [-0.25, -0.2) is 0 Å². The van der Waals surface area contributed by atoms with Gasteiger partial charge in [0.25, 0.3) is 0 Å². The molecule has 1 heterocycles. The number of hydrogen-bond acceptors (Lipinski definition) is 2. The molecule has 0 aliphatic carbocycles. The highest BCUT2D eigenvalue weighted by molar-refractivity contribution is 14.1. The minimum absolute atomic E-state index is 0.251. The predicted octanol–water partition coefficient (Wildman–Crippen LogP) is 3.60. The van der Waals surface area contributed by atoms with Crippen molar-refractivity contribution < 1.29 is 4.79 Å². The van der Waals surface area contributed by atoms with Gasteiger partial charge in [-0.1, -0.05) is 19.1 Å². The number of halogens is 1. The van der Waals surface area contributed by atoms with Crippen LogP contribution in [0.5, 0.6) is 0 Å². The molecule has 1 aromatic carbocycles. The average molecular weight is 357 g/mol. The molecule has 1 fully saturated rings. The number of benzene rings is 1.